The molecule has 0 bridgehead atoms. The van der Waals surface area contributed by atoms with Crippen molar-refractivity contribution in [2.24, 2.45) is 0 Å². The lowest BCUT2D eigenvalue weighted by Gasteiger charge is -2.10. The zero-order chi connectivity index (χ0) is 15.2. The normalized spacial score (nSPS) is 10.6. The number of nitrogens with zero attached hydrogens (tertiary/aromatic N) is 2. The Labute approximate surface area is 124 Å². The average Bonchev–Trinajstić information content (AvgIpc) is 2.87. The SMILES string of the molecule is CCCOc1cccc(-c2ncc(CC(=O)O)n2CC)c1. The van der Waals surface area contributed by atoms with Crippen LogP contribution >= 0.6 is 0 Å². The lowest BCUT2D eigenvalue weighted by molar-refractivity contribution is -0.136. The third-order valence-corrected chi connectivity index (χ3v) is 3.15. The molecule has 0 amide bonds. The number of benzene rings is 1. The Kier molecular flexibility index (Phi) is 4.98. The van der Waals surface area contributed by atoms with Crippen molar-refractivity contribution in [2.75, 3.05) is 6.61 Å². The number of rotatable bonds is 7. The van der Waals surface area contributed by atoms with E-state index in [4.69, 9.17) is 9.84 Å². The van der Waals surface area contributed by atoms with Gasteiger partial charge < -0.3 is 14.4 Å². The smallest absolute Gasteiger partial charge is 0.309 e. The Hall–Kier alpha value is -2.30. The fraction of sp³-hybridized carbons (Fsp3) is 0.375. The van der Waals surface area contributed by atoms with Gasteiger partial charge in [0.1, 0.15) is 11.6 Å². The van der Waals surface area contributed by atoms with Crippen molar-refractivity contribution < 1.29 is 14.6 Å². The van der Waals surface area contributed by atoms with E-state index in [1.807, 2.05) is 35.8 Å². The third kappa shape index (κ3) is 3.62. The van der Waals surface area contributed by atoms with Crippen molar-refractivity contribution in [3.63, 3.8) is 0 Å². The summed E-state index contributed by atoms with van der Waals surface area (Å²) in [5.74, 6) is 0.728. The summed E-state index contributed by atoms with van der Waals surface area (Å²) in [5.41, 5.74) is 1.64. The zero-order valence-electron chi connectivity index (χ0n) is 12.4. The van der Waals surface area contributed by atoms with Gasteiger partial charge in [-0.2, -0.15) is 0 Å². The van der Waals surface area contributed by atoms with E-state index < -0.39 is 5.97 Å². The van der Waals surface area contributed by atoms with Crippen LogP contribution in [0.25, 0.3) is 11.4 Å². The van der Waals surface area contributed by atoms with Crippen molar-refractivity contribution in [3.8, 4) is 17.1 Å². The highest BCUT2D eigenvalue weighted by Gasteiger charge is 2.13. The van der Waals surface area contributed by atoms with Gasteiger partial charge in [-0.1, -0.05) is 19.1 Å². The summed E-state index contributed by atoms with van der Waals surface area (Å²) in [4.78, 5) is 15.3. The first kappa shape index (κ1) is 15.1. The number of aromatic nitrogens is 2. The summed E-state index contributed by atoms with van der Waals surface area (Å²) in [7, 11) is 0. The first-order chi connectivity index (χ1) is 10.2. The summed E-state index contributed by atoms with van der Waals surface area (Å²) in [5, 5.41) is 8.95. The maximum absolute atomic E-state index is 10.9. The van der Waals surface area contributed by atoms with E-state index in [1.54, 1.807) is 6.20 Å². The van der Waals surface area contributed by atoms with E-state index in [9.17, 15) is 4.79 Å². The quantitative estimate of drug-likeness (QED) is 0.850. The second-order valence-electron chi connectivity index (χ2n) is 4.76. The fourth-order valence-corrected chi connectivity index (χ4v) is 2.24. The molecule has 0 aliphatic rings. The lowest BCUT2D eigenvalue weighted by Crippen LogP contribution is -2.08. The summed E-state index contributed by atoms with van der Waals surface area (Å²) in [6, 6.07) is 7.73. The van der Waals surface area contributed by atoms with Gasteiger partial charge in [-0.25, -0.2) is 4.98 Å². The fourth-order valence-electron chi connectivity index (χ4n) is 2.24. The molecule has 0 spiro atoms. The molecule has 1 N–H and O–H groups in total. The van der Waals surface area contributed by atoms with Crippen molar-refractivity contribution in [1.82, 2.24) is 9.55 Å². The molecule has 2 rings (SSSR count). The van der Waals surface area contributed by atoms with E-state index in [0.717, 1.165) is 23.6 Å². The van der Waals surface area contributed by atoms with Crippen molar-refractivity contribution in [3.05, 3.63) is 36.2 Å². The summed E-state index contributed by atoms with van der Waals surface area (Å²) in [6.45, 7) is 5.40. The number of carbonyl (C=O) groups is 1. The molecule has 5 heteroatoms. The number of ether oxygens (including phenoxy) is 1. The van der Waals surface area contributed by atoms with E-state index in [-0.39, 0.29) is 6.42 Å². The highest BCUT2D eigenvalue weighted by atomic mass is 16.5. The first-order valence-corrected chi connectivity index (χ1v) is 7.15. The summed E-state index contributed by atoms with van der Waals surface area (Å²) < 4.78 is 7.55. The molecule has 0 radical (unpaired) electrons. The monoisotopic (exact) mass is 288 g/mol. The number of carboxylic acid groups (broad SMARTS) is 1. The highest BCUT2D eigenvalue weighted by Crippen LogP contribution is 2.24. The van der Waals surface area contributed by atoms with Gasteiger partial charge in [0.15, 0.2) is 0 Å². The van der Waals surface area contributed by atoms with Gasteiger partial charge in [0.05, 0.1) is 13.0 Å². The van der Waals surface area contributed by atoms with Crippen molar-refractivity contribution in [2.45, 2.75) is 33.2 Å². The van der Waals surface area contributed by atoms with Crippen LogP contribution in [0, 0.1) is 0 Å². The minimum Gasteiger partial charge on any atom is -0.494 e. The second kappa shape index (κ2) is 6.92. The molecule has 1 aromatic carbocycles. The van der Waals surface area contributed by atoms with Gasteiger partial charge >= 0.3 is 5.97 Å². The maximum Gasteiger partial charge on any atom is 0.309 e. The Balaban J connectivity index is 2.33. The topological polar surface area (TPSA) is 64.3 Å². The van der Waals surface area contributed by atoms with Gasteiger partial charge in [-0.15, -0.1) is 0 Å². The van der Waals surface area contributed by atoms with E-state index >= 15 is 0 Å². The van der Waals surface area contributed by atoms with Gasteiger partial charge in [-0.3, -0.25) is 4.79 Å². The van der Waals surface area contributed by atoms with Gasteiger partial charge in [0.2, 0.25) is 0 Å². The minimum atomic E-state index is -0.851. The Bertz CT molecular complexity index is 620. The number of imidazole rings is 1. The number of hydrogen-bond donors (Lipinski definition) is 1. The predicted octanol–water partition coefficient (Wildman–Crippen LogP) is 2.99. The molecule has 0 unspecified atom stereocenters. The number of hydrogen-bond acceptors (Lipinski definition) is 3. The van der Waals surface area contributed by atoms with Gasteiger partial charge in [0, 0.05) is 24.0 Å². The first-order valence-electron chi connectivity index (χ1n) is 7.15. The standard InChI is InChI=1S/C16H20N2O3/c1-3-8-21-14-7-5-6-12(9-14)16-17-11-13(10-15(19)20)18(16)4-2/h5-7,9,11H,3-4,8,10H2,1-2H3,(H,19,20). The van der Waals surface area contributed by atoms with E-state index in [1.165, 1.54) is 0 Å². The molecule has 0 saturated carbocycles. The van der Waals surface area contributed by atoms with E-state index in [2.05, 4.69) is 11.9 Å². The van der Waals surface area contributed by atoms with E-state index in [0.29, 0.717) is 18.8 Å². The highest BCUT2D eigenvalue weighted by molar-refractivity contribution is 5.70. The molecule has 0 saturated heterocycles. The molecule has 5 nitrogen and oxygen atoms in total. The molecule has 2 aromatic rings. The van der Waals surface area contributed by atoms with Crippen LogP contribution in [0.1, 0.15) is 26.0 Å². The molecular formula is C16H20N2O3. The summed E-state index contributed by atoms with van der Waals surface area (Å²) in [6.07, 6.45) is 2.57. The second-order valence-corrected chi connectivity index (χ2v) is 4.76. The molecule has 1 aromatic heterocycles. The largest absolute Gasteiger partial charge is 0.494 e. The van der Waals surface area contributed by atoms with Crippen LogP contribution in [0.4, 0.5) is 0 Å². The molecule has 1 heterocycles. The third-order valence-electron chi connectivity index (χ3n) is 3.15. The molecule has 0 atom stereocenters. The lowest BCUT2D eigenvalue weighted by atomic mass is 10.2. The van der Waals surface area contributed by atoms with Crippen molar-refractivity contribution in [1.29, 1.82) is 0 Å². The van der Waals surface area contributed by atoms with Crippen molar-refractivity contribution >= 4 is 5.97 Å². The zero-order valence-corrected chi connectivity index (χ0v) is 12.4. The molecule has 21 heavy (non-hydrogen) atoms. The molecule has 0 fully saturated rings. The minimum absolute atomic E-state index is 0.0210. The summed E-state index contributed by atoms with van der Waals surface area (Å²) >= 11 is 0. The average molecular weight is 288 g/mol. The molecule has 0 aliphatic carbocycles. The van der Waals surface area contributed by atoms with Gasteiger partial charge in [-0.05, 0) is 25.5 Å². The van der Waals surface area contributed by atoms with Crippen LogP contribution in [0.2, 0.25) is 0 Å². The predicted molar refractivity (Wildman–Crippen MR) is 80.5 cm³/mol. The van der Waals surface area contributed by atoms with Crippen LogP contribution in [0.15, 0.2) is 30.5 Å². The Morgan fingerprint density at radius 3 is 2.86 bits per heavy atom. The molecule has 0 aliphatic heterocycles. The number of aliphatic carboxylic acids is 1. The van der Waals surface area contributed by atoms with Crippen LogP contribution < -0.4 is 4.74 Å². The Morgan fingerprint density at radius 1 is 1.38 bits per heavy atom. The molecular weight excluding hydrogens is 268 g/mol. The number of carboxylic acids is 1. The molecule has 112 valence electrons. The van der Waals surface area contributed by atoms with Crippen LogP contribution in [-0.4, -0.2) is 27.2 Å². The maximum atomic E-state index is 10.9. The van der Waals surface area contributed by atoms with Crippen LogP contribution in [0.5, 0.6) is 5.75 Å². The van der Waals surface area contributed by atoms with Gasteiger partial charge in [0.25, 0.3) is 0 Å². The Morgan fingerprint density at radius 2 is 2.19 bits per heavy atom. The van der Waals surface area contributed by atoms with Crippen LogP contribution in [0.3, 0.4) is 0 Å². The van der Waals surface area contributed by atoms with Crippen LogP contribution in [-0.2, 0) is 17.8 Å².